The van der Waals surface area contributed by atoms with Crippen molar-refractivity contribution in [1.29, 1.82) is 0 Å². The summed E-state index contributed by atoms with van der Waals surface area (Å²) in [4.78, 5) is 0. The number of hydrogen-bond acceptors (Lipinski definition) is 4. The van der Waals surface area contributed by atoms with Crippen molar-refractivity contribution in [3.8, 4) is 0 Å². The first-order valence-corrected chi connectivity index (χ1v) is 9.44. The Hall–Kier alpha value is -1.80. The summed E-state index contributed by atoms with van der Waals surface area (Å²) in [5.41, 5.74) is 2.57. The molecule has 2 heterocycles. The van der Waals surface area contributed by atoms with Gasteiger partial charge in [-0.1, -0.05) is 40.2 Å². The van der Waals surface area contributed by atoms with E-state index in [1.807, 2.05) is 0 Å². The van der Waals surface area contributed by atoms with Gasteiger partial charge in [-0.25, -0.2) is 0 Å². The van der Waals surface area contributed by atoms with Crippen LogP contribution in [0.1, 0.15) is 5.56 Å². The molecule has 0 fully saturated rings. The first-order valence-electron chi connectivity index (χ1n) is 7.32. The predicted molar refractivity (Wildman–Crippen MR) is 93.7 cm³/mol. The summed E-state index contributed by atoms with van der Waals surface area (Å²) in [5.74, 6) is 0. The van der Waals surface area contributed by atoms with Gasteiger partial charge in [0, 0.05) is 22.2 Å². The third kappa shape index (κ3) is 3.90. The number of hydrogen-bond donors (Lipinski definition) is 3. The molecule has 0 amide bonds. The van der Waals surface area contributed by atoms with Crippen molar-refractivity contribution in [3.63, 3.8) is 0 Å². The van der Waals surface area contributed by atoms with Crippen LogP contribution < -0.4 is 9.06 Å². The summed E-state index contributed by atoms with van der Waals surface area (Å²) in [6, 6.07) is 17.1. The van der Waals surface area contributed by atoms with Crippen LogP contribution in [0.5, 0.6) is 0 Å². The second-order valence-corrected chi connectivity index (χ2v) is 7.27. The van der Waals surface area contributed by atoms with E-state index in [-0.39, 0.29) is 0 Å². The van der Waals surface area contributed by atoms with E-state index < -0.39 is 10.2 Å². The molecule has 0 radical (unpaired) electrons. The molecule has 130 valence electrons. The Balaban J connectivity index is 0.000000324. The summed E-state index contributed by atoms with van der Waals surface area (Å²) >= 11 is 3.71. The number of aromatic nitrogens is 1. The molecule has 2 aromatic carbocycles. The van der Waals surface area contributed by atoms with Gasteiger partial charge in [0.05, 0.1) is 5.39 Å². The van der Waals surface area contributed by atoms with Crippen LogP contribution in [-0.4, -0.2) is 14.0 Å². The van der Waals surface area contributed by atoms with Crippen LogP contribution in [0.3, 0.4) is 0 Å². The predicted octanol–water partition coefficient (Wildman–Crippen LogP) is 1.94. The van der Waals surface area contributed by atoms with Gasteiger partial charge in [-0.3, -0.25) is 0 Å². The molecule has 4 rings (SSSR count). The van der Waals surface area contributed by atoms with E-state index in [9.17, 15) is 0 Å². The van der Waals surface area contributed by atoms with E-state index >= 15 is 0 Å². The Kier molecular flexibility index (Phi) is 4.92. The molecule has 0 aliphatic carbocycles. The topological polar surface area (TPSA) is 87.9 Å². The molecule has 0 atom stereocenters. The van der Waals surface area contributed by atoms with Gasteiger partial charge in [-0.15, -0.1) is 0 Å². The van der Waals surface area contributed by atoms with Crippen LogP contribution in [0, 0.1) is 17.2 Å². The molecule has 2 aromatic heterocycles. The van der Waals surface area contributed by atoms with Crippen molar-refractivity contribution in [2.45, 2.75) is 6.92 Å². The second kappa shape index (κ2) is 6.84. The molecule has 3 N–H and O–H groups in total. The van der Waals surface area contributed by atoms with Crippen molar-refractivity contribution in [3.05, 3.63) is 71.0 Å². The first kappa shape index (κ1) is 18.0. The molecular weight excluding hydrogens is 410 g/mol. The molecule has 0 saturated heterocycles. The summed E-state index contributed by atoms with van der Waals surface area (Å²) in [6.07, 6.45) is 4.34. The fourth-order valence-corrected chi connectivity index (χ4v) is 3.54. The summed E-state index contributed by atoms with van der Waals surface area (Å²) in [6.45, 7) is 2.19. The number of pyridine rings is 2. The van der Waals surface area contributed by atoms with E-state index in [2.05, 4.69) is 88.2 Å². The van der Waals surface area contributed by atoms with Crippen molar-refractivity contribution in [2.24, 2.45) is 0 Å². The van der Waals surface area contributed by atoms with Gasteiger partial charge in [0.15, 0.2) is 12.4 Å². The Morgan fingerprint density at radius 2 is 1.52 bits per heavy atom. The van der Waals surface area contributed by atoms with Crippen LogP contribution in [0.4, 0.5) is 0 Å². The van der Waals surface area contributed by atoms with Crippen LogP contribution in [0.2, 0.25) is 0 Å². The van der Waals surface area contributed by atoms with Crippen LogP contribution >= 0.6 is 15.9 Å². The van der Waals surface area contributed by atoms with Crippen LogP contribution in [0.15, 0.2) is 65.4 Å². The molecule has 0 saturated carbocycles. The van der Waals surface area contributed by atoms with Gasteiger partial charge in [0.2, 0.25) is 5.52 Å². The maximum atomic E-state index is 8.83. The fraction of sp³-hybridized carbons (Fsp3) is 0.0556. The quantitative estimate of drug-likeness (QED) is 0.228. The van der Waals surface area contributed by atoms with Crippen LogP contribution in [-0.2, 0) is 0 Å². The molecular formula is C18H16BrClNO4+. The number of nitrogens with zero attached hydrogens (tertiary/aromatic N) is 1. The average molecular weight is 426 g/mol. The normalized spacial score (nSPS) is 12.2. The Bertz CT molecular complexity index is 1070. The summed E-state index contributed by atoms with van der Waals surface area (Å²) < 4.78 is 33.6. The van der Waals surface area contributed by atoms with E-state index in [0.29, 0.717) is 0 Å². The van der Waals surface area contributed by atoms with Crippen LogP contribution in [0.25, 0.3) is 27.1 Å². The Morgan fingerprint density at radius 1 is 0.920 bits per heavy atom. The molecule has 0 unspecified atom stereocenters. The zero-order valence-corrected chi connectivity index (χ0v) is 15.6. The number of aryl methyl sites for hydroxylation is 1. The van der Waals surface area contributed by atoms with Crippen molar-refractivity contribution < 1.29 is 33.3 Å². The third-order valence-corrected chi connectivity index (χ3v) is 4.64. The van der Waals surface area contributed by atoms with Crippen molar-refractivity contribution in [1.82, 2.24) is 0 Å². The van der Waals surface area contributed by atoms with Gasteiger partial charge in [0.25, 0.3) is 0 Å². The number of benzene rings is 2. The Labute approximate surface area is 154 Å². The summed E-state index contributed by atoms with van der Waals surface area (Å²) in [5, 5.41) is 5.15. The molecule has 5 nitrogen and oxygen atoms in total. The van der Waals surface area contributed by atoms with Gasteiger partial charge in [-0.05, 0) is 35.2 Å². The number of halogens is 2. The van der Waals surface area contributed by atoms with E-state index in [1.165, 1.54) is 32.6 Å². The number of rotatable bonds is 0. The first-order chi connectivity index (χ1) is 11.8. The zero-order chi connectivity index (χ0) is 18.2. The summed E-state index contributed by atoms with van der Waals surface area (Å²) in [7, 11) is -4.19. The monoisotopic (exact) mass is 424 g/mol. The molecule has 0 aliphatic heterocycles. The molecule has 0 aliphatic rings. The minimum atomic E-state index is -4.19. The van der Waals surface area contributed by atoms with E-state index in [4.69, 9.17) is 18.6 Å². The third-order valence-electron chi connectivity index (χ3n) is 3.98. The SMILES string of the molecule is Cc1c2cc(Br)c3ccccc3c2c[n+]2ccccc12.[O-][Cl+](O)(O)O. The van der Waals surface area contributed by atoms with E-state index in [1.54, 1.807) is 0 Å². The zero-order valence-electron chi connectivity index (χ0n) is 13.2. The van der Waals surface area contributed by atoms with E-state index in [0.717, 1.165) is 4.47 Å². The van der Waals surface area contributed by atoms with Gasteiger partial charge in [0.1, 0.15) is 0 Å². The Morgan fingerprint density at radius 3 is 2.20 bits per heavy atom. The molecule has 0 bridgehead atoms. The molecule has 7 heteroatoms. The fourth-order valence-electron chi connectivity index (χ4n) is 2.97. The maximum absolute atomic E-state index is 8.83. The standard InChI is InChI=1S/C18H13BrN.ClH3O4/c1-12-15-10-17(19)14-7-3-2-6-13(14)16(15)11-20-9-5-4-8-18(12)20;2-1(3,4)5/h2-11H,1H3;2-4H/q+1;. The molecule has 25 heavy (non-hydrogen) atoms. The van der Waals surface area contributed by atoms with Gasteiger partial charge < -0.3 is 0 Å². The van der Waals surface area contributed by atoms with Gasteiger partial charge in [-0.2, -0.15) is 4.40 Å². The van der Waals surface area contributed by atoms with Crippen molar-refractivity contribution in [2.75, 3.05) is 0 Å². The van der Waals surface area contributed by atoms with Gasteiger partial charge >= 0.3 is 28.9 Å². The second-order valence-electron chi connectivity index (χ2n) is 5.55. The van der Waals surface area contributed by atoms with Crippen molar-refractivity contribution >= 4 is 43.0 Å². The number of fused-ring (bicyclic) bond motifs is 4. The molecule has 4 aromatic rings. The minimum absolute atomic E-state index is 1.16. The average Bonchev–Trinajstić information content (AvgIpc) is 2.55. The molecule has 0 spiro atoms.